The molecule has 6 saturated carbocycles. The molecule has 0 aromatic heterocycles. The molecular formula is C65H86O7. The number of aryl methyl sites for hydroxylation is 2. The zero-order valence-corrected chi connectivity index (χ0v) is 44.3. The van der Waals surface area contributed by atoms with Gasteiger partial charge in [-0.1, -0.05) is 119 Å². The third kappa shape index (κ3) is 8.23. The van der Waals surface area contributed by atoms with Crippen molar-refractivity contribution >= 4 is 11.9 Å². The highest BCUT2D eigenvalue weighted by molar-refractivity contribution is 5.85. The van der Waals surface area contributed by atoms with Crippen molar-refractivity contribution in [2.24, 2.45) is 68.0 Å². The normalized spacial score (nSPS) is 42.5. The van der Waals surface area contributed by atoms with E-state index in [1.165, 1.54) is 75.8 Å². The SMILES string of the molecule is CC(=O)OC1CC2(C)C=CC(O)(CCC(C)CCCc3ccccc3)C3(C(O)CCC(C)(C4CCC56CC4C#CCC4CC(C5)(CC45CCCC5)C(CCc4ccccc4)C6)C13)C2(O)CCC1=CC(=O)OC1. The number of aliphatic hydroxyl groups is 3. The van der Waals surface area contributed by atoms with Crippen molar-refractivity contribution in [1.82, 2.24) is 0 Å². The van der Waals surface area contributed by atoms with Gasteiger partial charge in [0.15, 0.2) is 0 Å². The van der Waals surface area contributed by atoms with Crippen molar-refractivity contribution in [3.8, 4) is 11.8 Å². The monoisotopic (exact) mass is 979 g/mol. The van der Waals surface area contributed by atoms with Crippen LogP contribution < -0.4 is 0 Å². The number of hydrogen-bond acceptors (Lipinski definition) is 7. The summed E-state index contributed by atoms with van der Waals surface area (Å²) in [6.45, 7) is 8.41. The van der Waals surface area contributed by atoms with Gasteiger partial charge in [-0.25, -0.2) is 4.79 Å². The van der Waals surface area contributed by atoms with Crippen LogP contribution in [0.1, 0.15) is 180 Å². The van der Waals surface area contributed by atoms with E-state index in [1.807, 2.05) is 12.2 Å². The summed E-state index contributed by atoms with van der Waals surface area (Å²) in [6, 6.07) is 21.8. The lowest BCUT2D eigenvalue weighted by atomic mass is 9.30. The largest absolute Gasteiger partial charge is 0.462 e. The lowest BCUT2D eigenvalue weighted by molar-refractivity contribution is -0.363. The average Bonchev–Trinajstić information content (AvgIpc) is 4.14. The molecule has 7 heteroatoms. The van der Waals surface area contributed by atoms with Gasteiger partial charge in [-0.15, -0.1) is 5.92 Å². The van der Waals surface area contributed by atoms with Crippen LogP contribution in [0.2, 0.25) is 0 Å². The molecule has 8 aliphatic carbocycles. The van der Waals surface area contributed by atoms with Gasteiger partial charge >= 0.3 is 11.9 Å². The number of benzene rings is 2. The van der Waals surface area contributed by atoms with Crippen LogP contribution in [0.15, 0.2) is 84.5 Å². The van der Waals surface area contributed by atoms with E-state index in [2.05, 4.69) is 93.3 Å². The molecule has 388 valence electrons. The molecule has 0 saturated heterocycles. The molecule has 9 aliphatic rings. The molecule has 1 heterocycles. The second-order valence-electron chi connectivity index (χ2n) is 26.8. The highest BCUT2D eigenvalue weighted by atomic mass is 16.5. The number of ether oxygens (including phenoxy) is 2. The van der Waals surface area contributed by atoms with E-state index >= 15 is 0 Å². The lowest BCUT2D eigenvalue weighted by Gasteiger charge is -2.76. The van der Waals surface area contributed by atoms with Gasteiger partial charge in [0.2, 0.25) is 0 Å². The topological polar surface area (TPSA) is 113 Å². The van der Waals surface area contributed by atoms with E-state index in [-0.39, 0.29) is 48.1 Å². The Balaban J connectivity index is 0.984. The summed E-state index contributed by atoms with van der Waals surface area (Å²) in [5, 5.41) is 41.9. The van der Waals surface area contributed by atoms with Crippen molar-refractivity contribution in [3.05, 3.63) is 95.6 Å². The number of hydrogen-bond donors (Lipinski definition) is 3. The number of carbonyl (C=O) groups is 2. The Labute approximate surface area is 431 Å². The first-order valence-corrected chi connectivity index (χ1v) is 28.9. The fourth-order valence-electron chi connectivity index (χ4n) is 20.0. The van der Waals surface area contributed by atoms with Crippen LogP contribution in [0, 0.1) is 79.8 Å². The molecule has 2 aromatic carbocycles. The second kappa shape index (κ2) is 18.8. The van der Waals surface area contributed by atoms with E-state index in [9.17, 15) is 24.9 Å². The van der Waals surface area contributed by atoms with Gasteiger partial charge in [0.05, 0.1) is 22.7 Å². The van der Waals surface area contributed by atoms with Crippen LogP contribution in [0.5, 0.6) is 0 Å². The first-order chi connectivity index (χ1) is 34.5. The van der Waals surface area contributed by atoms with Crippen LogP contribution in [0.3, 0.4) is 0 Å². The minimum atomic E-state index is -1.63. The molecule has 6 fully saturated rings. The van der Waals surface area contributed by atoms with Crippen LogP contribution >= 0.6 is 0 Å². The molecule has 15 atom stereocenters. The molecule has 2 aromatic rings. The van der Waals surface area contributed by atoms with Crippen LogP contribution in [-0.4, -0.2) is 57.3 Å². The van der Waals surface area contributed by atoms with Crippen molar-refractivity contribution in [3.63, 3.8) is 0 Å². The van der Waals surface area contributed by atoms with Gasteiger partial charge in [0, 0.05) is 36.7 Å². The summed E-state index contributed by atoms with van der Waals surface area (Å²) in [5.41, 5.74) is -1.69. The number of cyclic esters (lactones) is 1. The minimum Gasteiger partial charge on any atom is -0.462 e. The van der Waals surface area contributed by atoms with Gasteiger partial charge in [-0.3, -0.25) is 4.79 Å². The average molecular weight is 979 g/mol. The Morgan fingerprint density at radius 1 is 0.833 bits per heavy atom. The molecule has 4 spiro atoms. The fraction of sp³-hybridized carbons (Fsp3) is 0.692. The Morgan fingerprint density at radius 2 is 1.57 bits per heavy atom. The number of esters is 2. The Bertz CT molecular complexity index is 2460. The van der Waals surface area contributed by atoms with E-state index in [0.29, 0.717) is 61.2 Å². The van der Waals surface area contributed by atoms with E-state index in [1.54, 1.807) is 6.08 Å². The number of carbonyl (C=O) groups excluding carboxylic acids is 2. The van der Waals surface area contributed by atoms with Crippen molar-refractivity contribution in [1.29, 1.82) is 0 Å². The molecule has 1 aliphatic heterocycles. The predicted octanol–water partition coefficient (Wildman–Crippen LogP) is 12.6. The zero-order valence-electron chi connectivity index (χ0n) is 44.3. The first kappa shape index (κ1) is 50.5. The Kier molecular flexibility index (Phi) is 13.2. The molecule has 6 bridgehead atoms. The Hall–Kier alpha value is -3.70. The molecule has 15 unspecified atom stereocenters. The molecule has 72 heavy (non-hydrogen) atoms. The van der Waals surface area contributed by atoms with E-state index in [4.69, 9.17) is 9.47 Å². The molecule has 0 radical (unpaired) electrons. The van der Waals surface area contributed by atoms with E-state index in [0.717, 1.165) is 56.9 Å². The van der Waals surface area contributed by atoms with Gasteiger partial charge in [0.25, 0.3) is 0 Å². The lowest BCUT2D eigenvalue weighted by Crippen LogP contribution is -2.83. The van der Waals surface area contributed by atoms with Gasteiger partial charge < -0.3 is 24.8 Å². The molecule has 3 N–H and O–H groups in total. The minimum absolute atomic E-state index is 0.112. The number of aliphatic hydroxyl groups excluding tert-OH is 1. The third-order valence-corrected chi connectivity index (χ3v) is 22.9. The van der Waals surface area contributed by atoms with Gasteiger partial charge in [0.1, 0.15) is 12.7 Å². The van der Waals surface area contributed by atoms with Crippen molar-refractivity contribution < 1.29 is 34.4 Å². The van der Waals surface area contributed by atoms with E-state index < -0.39 is 45.6 Å². The smallest absolute Gasteiger partial charge is 0.331 e. The maximum absolute atomic E-state index is 14.4. The summed E-state index contributed by atoms with van der Waals surface area (Å²) in [6.07, 6.45) is 27.3. The first-order valence-electron chi connectivity index (χ1n) is 28.9. The van der Waals surface area contributed by atoms with Crippen LogP contribution in [0.4, 0.5) is 0 Å². The predicted molar refractivity (Wildman–Crippen MR) is 282 cm³/mol. The highest BCUT2D eigenvalue weighted by Gasteiger charge is 2.82. The maximum Gasteiger partial charge on any atom is 0.331 e. The molecule has 0 amide bonds. The second-order valence-corrected chi connectivity index (χ2v) is 26.8. The number of fused-ring (bicyclic) bond motifs is 4. The summed E-state index contributed by atoms with van der Waals surface area (Å²) in [4.78, 5) is 26.1. The zero-order chi connectivity index (χ0) is 50.2. The van der Waals surface area contributed by atoms with Crippen molar-refractivity contribution in [2.45, 2.75) is 205 Å². The standard InChI is InChI=1S/C65H86O7/c1-45(15-13-20-47-16-7-5-8-17-47)25-33-63(69)36-35-58(3)41-54(72-46(2)66)57-59(4,31-28-55(67)65(57,63)64(58,70)34-26-49-37-56(68)71-42-49)53-27-32-60-38-50(53)21-14-22-51-40-62(43-60,44-61(51)29-11-12-30-61)52(39-60)24-23-48-18-9-6-10-19-48/h5-10,16-19,35-37,45,50-55,57,67,69-70H,11-13,15,20,22-34,38-44H2,1-4H3. The van der Waals surface area contributed by atoms with Crippen molar-refractivity contribution in [2.75, 3.05) is 6.61 Å². The van der Waals surface area contributed by atoms with Crippen LogP contribution in [0.25, 0.3) is 0 Å². The molecule has 11 rings (SSSR count). The summed E-state index contributed by atoms with van der Waals surface area (Å²) < 4.78 is 12.1. The Morgan fingerprint density at radius 3 is 2.28 bits per heavy atom. The summed E-state index contributed by atoms with van der Waals surface area (Å²) in [5.74, 6) is 8.64. The number of rotatable bonds is 15. The summed E-state index contributed by atoms with van der Waals surface area (Å²) in [7, 11) is 0. The van der Waals surface area contributed by atoms with Gasteiger partial charge in [-0.2, -0.15) is 0 Å². The maximum atomic E-state index is 14.4. The molecular weight excluding hydrogens is 893 g/mol. The molecule has 7 nitrogen and oxygen atoms in total. The fourth-order valence-corrected chi connectivity index (χ4v) is 20.0. The highest BCUT2D eigenvalue weighted by Crippen LogP contribution is 2.78. The summed E-state index contributed by atoms with van der Waals surface area (Å²) >= 11 is 0. The van der Waals surface area contributed by atoms with Crippen LogP contribution in [-0.2, 0) is 31.9 Å². The quantitative estimate of drug-likeness (QED) is 0.0925. The third-order valence-electron chi connectivity index (χ3n) is 22.9. The van der Waals surface area contributed by atoms with Gasteiger partial charge in [-0.05, 0) is 190 Å².